The molecule has 3 aromatic rings. The lowest BCUT2D eigenvalue weighted by Gasteiger charge is -2.19. The van der Waals surface area contributed by atoms with Crippen molar-refractivity contribution in [2.45, 2.75) is 18.9 Å². The van der Waals surface area contributed by atoms with Gasteiger partial charge in [0, 0.05) is 11.3 Å². The highest BCUT2D eigenvalue weighted by Crippen LogP contribution is 2.34. The molecule has 6 nitrogen and oxygen atoms in total. The first kappa shape index (κ1) is 17.7. The molecule has 0 aromatic carbocycles. The van der Waals surface area contributed by atoms with Crippen LogP contribution in [-0.2, 0) is 20.7 Å². The number of furan rings is 1. The van der Waals surface area contributed by atoms with Crippen LogP contribution in [0.1, 0.15) is 28.0 Å². The number of carbonyl (C=O) groups is 2. The number of ether oxygens (including phenoxy) is 1. The summed E-state index contributed by atoms with van der Waals surface area (Å²) in [5, 5.41) is 9.71. The SMILES string of the molecule is O=C(Cc1cccs1)OCC(=O)N1N=C(c2cccs2)C[C@H]1c1ccco1. The predicted molar refractivity (Wildman–Crippen MR) is 103 cm³/mol. The zero-order valence-electron chi connectivity index (χ0n) is 14.2. The van der Waals surface area contributed by atoms with Crippen molar-refractivity contribution in [1.82, 2.24) is 5.01 Å². The summed E-state index contributed by atoms with van der Waals surface area (Å²) in [5.41, 5.74) is 0.824. The number of rotatable bonds is 6. The lowest BCUT2D eigenvalue weighted by atomic mass is 10.1. The normalized spacial score (nSPS) is 16.4. The molecule has 0 N–H and O–H groups in total. The second-order valence-corrected chi connectivity index (χ2v) is 7.89. The van der Waals surface area contributed by atoms with Crippen LogP contribution in [0.4, 0.5) is 0 Å². The van der Waals surface area contributed by atoms with E-state index in [1.807, 2.05) is 41.1 Å². The van der Waals surface area contributed by atoms with Gasteiger partial charge in [-0.25, -0.2) is 5.01 Å². The molecule has 0 aliphatic carbocycles. The Balaban J connectivity index is 1.45. The molecule has 0 saturated carbocycles. The van der Waals surface area contributed by atoms with E-state index >= 15 is 0 Å². The highest BCUT2D eigenvalue weighted by molar-refractivity contribution is 7.12. The molecule has 8 heteroatoms. The Morgan fingerprint density at radius 3 is 2.74 bits per heavy atom. The van der Waals surface area contributed by atoms with Crippen molar-refractivity contribution >= 4 is 40.3 Å². The second kappa shape index (κ2) is 7.89. The Bertz CT molecular complexity index is 931. The van der Waals surface area contributed by atoms with Crippen molar-refractivity contribution in [3.8, 4) is 0 Å². The summed E-state index contributed by atoms with van der Waals surface area (Å²) >= 11 is 3.05. The minimum Gasteiger partial charge on any atom is -0.467 e. The van der Waals surface area contributed by atoms with E-state index < -0.39 is 5.97 Å². The number of hydrogen-bond donors (Lipinski definition) is 0. The predicted octanol–water partition coefficient (Wildman–Crippen LogP) is 3.87. The van der Waals surface area contributed by atoms with Gasteiger partial charge in [-0.15, -0.1) is 22.7 Å². The van der Waals surface area contributed by atoms with E-state index in [2.05, 4.69) is 5.10 Å². The third-order valence-electron chi connectivity index (χ3n) is 4.10. The van der Waals surface area contributed by atoms with Crippen molar-refractivity contribution < 1.29 is 18.7 Å². The van der Waals surface area contributed by atoms with Crippen LogP contribution < -0.4 is 0 Å². The standard InChI is InChI=1S/C19H16N2O4S2/c22-18(12-25-19(23)10-13-4-2-8-26-13)21-15(16-5-1-7-24-16)11-14(20-21)17-6-3-9-27-17/h1-9,15H,10-12H2/t15-/m0/s1. The van der Waals surface area contributed by atoms with E-state index in [1.165, 1.54) is 16.3 Å². The zero-order valence-corrected chi connectivity index (χ0v) is 15.9. The molecule has 0 radical (unpaired) electrons. The van der Waals surface area contributed by atoms with Crippen LogP contribution >= 0.6 is 22.7 Å². The van der Waals surface area contributed by atoms with Gasteiger partial charge in [-0.3, -0.25) is 9.59 Å². The first-order valence-electron chi connectivity index (χ1n) is 8.35. The molecule has 0 saturated heterocycles. The maximum atomic E-state index is 12.7. The number of thiophene rings is 2. The monoisotopic (exact) mass is 400 g/mol. The van der Waals surface area contributed by atoms with Crippen molar-refractivity contribution in [2.24, 2.45) is 5.10 Å². The topological polar surface area (TPSA) is 72.1 Å². The summed E-state index contributed by atoms with van der Waals surface area (Å²) in [7, 11) is 0. The fourth-order valence-corrected chi connectivity index (χ4v) is 4.26. The van der Waals surface area contributed by atoms with Gasteiger partial charge in [0.25, 0.3) is 5.91 Å². The van der Waals surface area contributed by atoms with Gasteiger partial charge in [0.2, 0.25) is 0 Å². The molecule has 0 spiro atoms. The first-order chi connectivity index (χ1) is 13.2. The Labute approximate surface area is 163 Å². The van der Waals surface area contributed by atoms with Crippen molar-refractivity contribution in [2.75, 3.05) is 6.61 Å². The van der Waals surface area contributed by atoms with E-state index in [9.17, 15) is 9.59 Å². The van der Waals surface area contributed by atoms with Crippen LogP contribution in [0, 0.1) is 0 Å². The highest BCUT2D eigenvalue weighted by Gasteiger charge is 2.35. The Hall–Kier alpha value is -2.71. The average Bonchev–Trinajstić information content (AvgIpc) is 3.46. The van der Waals surface area contributed by atoms with Crippen LogP contribution in [0.15, 0.2) is 62.9 Å². The molecule has 4 rings (SSSR count). The van der Waals surface area contributed by atoms with Crippen molar-refractivity contribution in [1.29, 1.82) is 0 Å². The molecule has 1 aliphatic heterocycles. The molecule has 0 bridgehead atoms. The van der Waals surface area contributed by atoms with Crippen LogP contribution in [-0.4, -0.2) is 29.2 Å². The minimum atomic E-state index is -0.429. The van der Waals surface area contributed by atoms with Crippen molar-refractivity contribution in [3.63, 3.8) is 0 Å². The van der Waals surface area contributed by atoms with E-state index in [0.29, 0.717) is 12.2 Å². The molecule has 27 heavy (non-hydrogen) atoms. The summed E-state index contributed by atoms with van der Waals surface area (Å²) in [5.74, 6) is -0.145. The second-order valence-electron chi connectivity index (χ2n) is 5.91. The van der Waals surface area contributed by atoms with E-state index in [-0.39, 0.29) is 25.0 Å². The Kier molecular flexibility index (Phi) is 5.17. The van der Waals surface area contributed by atoms with Crippen LogP contribution in [0.5, 0.6) is 0 Å². The fourth-order valence-electron chi connectivity index (χ4n) is 2.85. The molecule has 4 heterocycles. The van der Waals surface area contributed by atoms with E-state index in [0.717, 1.165) is 15.5 Å². The van der Waals surface area contributed by atoms with Gasteiger partial charge < -0.3 is 9.15 Å². The lowest BCUT2D eigenvalue weighted by molar-refractivity contribution is -0.152. The largest absolute Gasteiger partial charge is 0.467 e. The number of carbonyl (C=O) groups excluding carboxylic acids is 2. The van der Waals surface area contributed by atoms with Crippen LogP contribution in [0.3, 0.4) is 0 Å². The summed E-state index contributed by atoms with van der Waals surface area (Å²) in [4.78, 5) is 26.5. The molecule has 1 amide bonds. The number of esters is 1. The smallest absolute Gasteiger partial charge is 0.311 e. The van der Waals surface area contributed by atoms with Crippen LogP contribution in [0.2, 0.25) is 0 Å². The summed E-state index contributed by atoms with van der Waals surface area (Å²) in [6, 6.07) is 10.9. The van der Waals surface area contributed by atoms with Gasteiger partial charge in [-0.05, 0) is 35.0 Å². The molecule has 1 atom stereocenters. The Morgan fingerprint density at radius 1 is 1.19 bits per heavy atom. The maximum absolute atomic E-state index is 12.7. The van der Waals surface area contributed by atoms with Crippen molar-refractivity contribution in [3.05, 3.63) is 68.9 Å². The quantitative estimate of drug-likeness (QED) is 0.589. The lowest BCUT2D eigenvalue weighted by Crippen LogP contribution is -2.31. The highest BCUT2D eigenvalue weighted by atomic mass is 32.1. The van der Waals surface area contributed by atoms with Gasteiger partial charge in [-0.2, -0.15) is 5.10 Å². The fraction of sp³-hybridized carbons (Fsp3) is 0.211. The molecule has 1 aliphatic rings. The molecular formula is C19H16N2O4S2. The number of amides is 1. The van der Waals surface area contributed by atoms with Gasteiger partial charge >= 0.3 is 5.97 Å². The molecule has 0 fully saturated rings. The first-order valence-corrected chi connectivity index (χ1v) is 10.1. The summed E-state index contributed by atoms with van der Waals surface area (Å²) in [6.45, 7) is -0.345. The molecule has 0 unspecified atom stereocenters. The van der Waals surface area contributed by atoms with E-state index in [4.69, 9.17) is 9.15 Å². The number of nitrogens with zero attached hydrogens (tertiary/aromatic N) is 2. The zero-order chi connectivity index (χ0) is 18.6. The molecular weight excluding hydrogens is 384 g/mol. The number of hydrazone groups is 1. The van der Waals surface area contributed by atoms with Crippen LogP contribution in [0.25, 0.3) is 0 Å². The summed E-state index contributed by atoms with van der Waals surface area (Å²) in [6.07, 6.45) is 2.29. The average molecular weight is 400 g/mol. The molecule has 138 valence electrons. The molecule has 3 aromatic heterocycles. The van der Waals surface area contributed by atoms with Gasteiger partial charge in [0.05, 0.1) is 23.3 Å². The van der Waals surface area contributed by atoms with Gasteiger partial charge in [-0.1, -0.05) is 12.1 Å². The third kappa shape index (κ3) is 4.01. The third-order valence-corrected chi connectivity index (χ3v) is 5.89. The van der Waals surface area contributed by atoms with Gasteiger partial charge in [0.1, 0.15) is 11.8 Å². The minimum absolute atomic E-state index is 0.163. The Morgan fingerprint density at radius 2 is 2.04 bits per heavy atom. The maximum Gasteiger partial charge on any atom is 0.311 e. The van der Waals surface area contributed by atoms with Gasteiger partial charge in [0.15, 0.2) is 6.61 Å². The van der Waals surface area contributed by atoms with E-state index in [1.54, 1.807) is 23.7 Å². The number of hydrogen-bond acceptors (Lipinski definition) is 7. The summed E-state index contributed by atoms with van der Waals surface area (Å²) < 4.78 is 10.6.